The van der Waals surface area contributed by atoms with Crippen LogP contribution in [0.3, 0.4) is 0 Å². The molecule has 4 aromatic carbocycles. The van der Waals surface area contributed by atoms with Gasteiger partial charge in [0.2, 0.25) is 11.3 Å². The third-order valence-electron chi connectivity index (χ3n) is 8.76. The lowest BCUT2D eigenvalue weighted by Gasteiger charge is -2.18. The second-order valence-corrected chi connectivity index (χ2v) is 11.2. The Morgan fingerprint density at radius 3 is 1.68 bits per heavy atom. The van der Waals surface area contributed by atoms with Crippen LogP contribution in [0, 0.1) is 6.92 Å². The van der Waals surface area contributed by atoms with Crippen molar-refractivity contribution in [3.63, 3.8) is 0 Å². The number of hydrogen-bond donors (Lipinski definition) is 0. The zero-order valence-corrected chi connectivity index (χ0v) is 27.3. The molecule has 0 atom stereocenters. The second kappa shape index (κ2) is 12.2. The molecule has 7 rings (SSSR count). The van der Waals surface area contributed by atoms with Gasteiger partial charge in [0.25, 0.3) is 0 Å². The molecule has 47 heavy (non-hydrogen) atoms. The van der Waals surface area contributed by atoms with Gasteiger partial charge in [-0.15, -0.1) is 0 Å². The van der Waals surface area contributed by atoms with E-state index in [9.17, 15) is 0 Å². The molecule has 0 fully saturated rings. The van der Waals surface area contributed by atoms with Crippen molar-refractivity contribution >= 4 is 27.1 Å². The van der Waals surface area contributed by atoms with Gasteiger partial charge in [-0.2, -0.15) is 4.40 Å². The fourth-order valence-electron chi connectivity index (χ4n) is 6.58. The molecule has 0 unspecified atom stereocenters. The van der Waals surface area contributed by atoms with E-state index in [1.54, 1.807) is 35.5 Å². The van der Waals surface area contributed by atoms with Crippen LogP contribution in [0.4, 0.5) is 0 Å². The van der Waals surface area contributed by atoms with E-state index >= 15 is 0 Å². The molecule has 0 aliphatic heterocycles. The Morgan fingerprint density at radius 2 is 1.13 bits per heavy atom. The number of aromatic nitrogens is 2. The molecule has 0 aliphatic carbocycles. The number of benzene rings is 4. The van der Waals surface area contributed by atoms with Crippen LogP contribution in [0.25, 0.3) is 60.7 Å². The first kappa shape index (κ1) is 29.9. The van der Waals surface area contributed by atoms with Gasteiger partial charge < -0.3 is 23.7 Å². The Kier molecular flexibility index (Phi) is 7.74. The monoisotopic (exact) mass is 623 g/mol. The van der Waals surface area contributed by atoms with Crippen LogP contribution in [0.1, 0.15) is 5.69 Å². The number of ether oxygens (including phenoxy) is 5. The van der Waals surface area contributed by atoms with Gasteiger partial charge in [0.05, 0.1) is 57.7 Å². The predicted molar refractivity (Wildman–Crippen MR) is 186 cm³/mol. The first-order valence-electron chi connectivity index (χ1n) is 15.3. The maximum atomic E-state index is 6.11. The van der Waals surface area contributed by atoms with Gasteiger partial charge in [-0.25, -0.2) is 4.98 Å². The smallest absolute Gasteiger partial charge is 0.219 e. The van der Waals surface area contributed by atoms with Crippen LogP contribution in [0.5, 0.6) is 28.7 Å². The Labute approximate surface area is 273 Å². The molecule has 0 N–H and O–H groups in total. The summed E-state index contributed by atoms with van der Waals surface area (Å²) >= 11 is 0. The standard InChI is InChI=1S/C40H35N2O5/c1-24-36-28(22-35(43-2)39(46-5)40(36)47-6)21-34-31-23-30(38(45-4)37(44-3)29(31)17-18-42(24)34)27-19-32(25-13-9-7-10-14-25)41-33(20-27)26-15-11-8-12-16-26/h7-23H,1-6H3/q+1. The number of pyridine rings is 3. The number of rotatable bonds is 8. The molecular formula is C40H35N2O5+. The maximum absolute atomic E-state index is 6.11. The third kappa shape index (κ3) is 4.91. The van der Waals surface area contributed by atoms with Crippen molar-refractivity contribution in [2.45, 2.75) is 6.92 Å². The average Bonchev–Trinajstić information content (AvgIpc) is 3.13. The van der Waals surface area contributed by atoms with Crippen molar-refractivity contribution < 1.29 is 28.1 Å². The van der Waals surface area contributed by atoms with Crippen LogP contribution in [-0.2, 0) is 0 Å². The molecule has 7 nitrogen and oxygen atoms in total. The van der Waals surface area contributed by atoms with Crippen molar-refractivity contribution in [1.29, 1.82) is 0 Å². The van der Waals surface area contributed by atoms with Crippen molar-refractivity contribution in [3.05, 3.63) is 109 Å². The van der Waals surface area contributed by atoms with E-state index < -0.39 is 0 Å². The van der Waals surface area contributed by atoms with Gasteiger partial charge in [-0.1, -0.05) is 60.7 Å². The molecule has 0 saturated carbocycles. The molecule has 0 spiro atoms. The quantitative estimate of drug-likeness (QED) is 0.0961. The van der Waals surface area contributed by atoms with Crippen LogP contribution in [0.15, 0.2) is 103 Å². The van der Waals surface area contributed by atoms with Gasteiger partial charge in [-0.05, 0) is 29.8 Å². The SMILES string of the molecule is COc1cc2cc3c4cc(-c5cc(-c6ccccc6)nc(-c6ccccc6)c5)c(OC)c(OC)c4cc[n+]3c(C)c2c(OC)c1OC. The van der Waals surface area contributed by atoms with E-state index in [0.717, 1.165) is 66.4 Å². The van der Waals surface area contributed by atoms with Crippen molar-refractivity contribution in [3.8, 4) is 62.4 Å². The first-order chi connectivity index (χ1) is 23.0. The summed E-state index contributed by atoms with van der Waals surface area (Å²) in [6, 6.07) is 33.1. The lowest BCUT2D eigenvalue weighted by Crippen LogP contribution is -2.26. The molecule has 0 saturated heterocycles. The summed E-state index contributed by atoms with van der Waals surface area (Å²) in [7, 11) is 8.27. The highest BCUT2D eigenvalue weighted by Crippen LogP contribution is 2.47. The summed E-state index contributed by atoms with van der Waals surface area (Å²) in [6.07, 6.45) is 2.05. The highest BCUT2D eigenvalue weighted by atomic mass is 16.5. The van der Waals surface area contributed by atoms with E-state index in [1.807, 2.05) is 42.5 Å². The van der Waals surface area contributed by atoms with Crippen LogP contribution in [0.2, 0.25) is 0 Å². The van der Waals surface area contributed by atoms with Gasteiger partial charge in [0.15, 0.2) is 34.9 Å². The molecule has 3 aromatic heterocycles. The van der Waals surface area contributed by atoms with E-state index in [0.29, 0.717) is 28.7 Å². The van der Waals surface area contributed by atoms with Crippen molar-refractivity contribution in [2.24, 2.45) is 0 Å². The minimum Gasteiger partial charge on any atom is -0.493 e. The van der Waals surface area contributed by atoms with Gasteiger partial charge >= 0.3 is 0 Å². The molecule has 0 radical (unpaired) electrons. The second-order valence-electron chi connectivity index (χ2n) is 11.2. The van der Waals surface area contributed by atoms with Crippen LogP contribution < -0.4 is 28.1 Å². The highest BCUT2D eigenvalue weighted by molar-refractivity contribution is 6.06. The molecule has 0 aliphatic rings. The van der Waals surface area contributed by atoms with Gasteiger partial charge in [0.1, 0.15) is 0 Å². The van der Waals surface area contributed by atoms with Crippen molar-refractivity contribution in [1.82, 2.24) is 4.98 Å². The van der Waals surface area contributed by atoms with Gasteiger partial charge in [0, 0.05) is 46.5 Å². The number of aryl methyl sites for hydroxylation is 1. The molecule has 7 heteroatoms. The summed E-state index contributed by atoms with van der Waals surface area (Å²) in [5.41, 5.74) is 7.63. The number of nitrogens with zero attached hydrogens (tertiary/aromatic N) is 2. The highest BCUT2D eigenvalue weighted by Gasteiger charge is 2.26. The minimum absolute atomic E-state index is 0.557. The maximum Gasteiger partial charge on any atom is 0.219 e. The normalized spacial score (nSPS) is 11.2. The first-order valence-corrected chi connectivity index (χ1v) is 15.3. The molecule has 3 heterocycles. The molecular weight excluding hydrogens is 588 g/mol. The molecule has 234 valence electrons. The van der Waals surface area contributed by atoms with Crippen LogP contribution in [-0.4, -0.2) is 40.5 Å². The minimum atomic E-state index is 0.557. The molecule has 0 bridgehead atoms. The molecule has 7 aromatic rings. The Bertz CT molecular complexity index is 2230. The number of fused-ring (bicyclic) bond motifs is 4. The Balaban J connectivity index is 1.58. The lowest BCUT2D eigenvalue weighted by atomic mass is 9.95. The summed E-state index contributed by atoms with van der Waals surface area (Å²) in [5.74, 6) is 3.09. The zero-order chi connectivity index (χ0) is 32.7. The molecule has 0 amide bonds. The fourth-order valence-corrected chi connectivity index (χ4v) is 6.58. The largest absolute Gasteiger partial charge is 0.493 e. The van der Waals surface area contributed by atoms with Gasteiger partial charge in [-0.3, -0.25) is 0 Å². The summed E-state index contributed by atoms with van der Waals surface area (Å²) in [4.78, 5) is 5.09. The van der Waals surface area contributed by atoms with E-state index in [2.05, 4.69) is 72.1 Å². The summed E-state index contributed by atoms with van der Waals surface area (Å²) < 4.78 is 31.7. The summed E-state index contributed by atoms with van der Waals surface area (Å²) in [6.45, 7) is 2.08. The average molecular weight is 624 g/mol. The zero-order valence-electron chi connectivity index (χ0n) is 27.3. The Hall–Kier alpha value is -5.82. The summed E-state index contributed by atoms with van der Waals surface area (Å²) in [5, 5.41) is 3.83. The Morgan fingerprint density at radius 1 is 0.532 bits per heavy atom. The van der Waals surface area contributed by atoms with E-state index in [-0.39, 0.29) is 0 Å². The van der Waals surface area contributed by atoms with E-state index in [4.69, 9.17) is 28.7 Å². The van der Waals surface area contributed by atoms with Crippen LogP contribution >= 0.6 is 0 Å². The van der Waals surface area contributed by atoms with E-state index in [1.165, 1.54) is 0 Å². The van der Waals surface area contributed by atoms with Crippen molar-refractivity contribution in [2.75, 3.05) is 35.5 Å². The topological polar surface area (TPSA) is 63.1 Å². The number of methoxy groups -OCH3 is 5. The fraction of sp³-hybridized carbons (Fsp3) is 0.150. The predicted octanol–water partition coefficient (Wildman–Crippen LogP) is 8.48. The number of hydrogen-bond acceptors (Lipinski definition) is 6. The lowest BCUT2D eigenvalue weighted by molar-refractivity contribution is -0.516. The third-order valence-corrected chi connectivity index (χ3v) is 8.76.